The summed E-state index contributed by atoms with van der Waals surface area (Å²) in [5.74, 6) is -1.98. The molecule has 1 rings (SSSR count). The first-order chi connectivity index (χ1) is 6.93. The fourth-order valence-electron chi connectivity index (χ4n) is 0.945. The average Bonchev–Trinajstić information content (AvgIpc) is 2.16. The Morgan fingerprint density at radius 1 is 1.40 bits per heavy atom. The van der Waals surface area contributed by atoms with Gasteiger partial charge >= 0.3 is 12.1 Å². The first kappa shape index (κ1) is 11.3. The van der Waals surface area contributed by atoms with Crippen LogP contribution in [-0.4, -0.2) is 12.1 Å². The maximum absolute atomic E-state index is 11.9. The van der Waals surface area contributed by atoms with Gasteiger partial charge in [0.05, 0.1) is 0 Å². The number of amides is 1. The van der Waals surface area contributed by atoms with E-state index < -0.39 is 12.1 Å². The Balaban J connectivity index is 2.81. The lowest BCUT2D eigenvalue weighted by atomic mass is 10.2. The summed E-state index contributed by atoms with van der Waals surface area (Å²) < 4.78 is 35.7. The lowest BCUT2D eigenvalue weighted by molar-refractivity contribution is -0.167. The maximum Gasteiger partial charge on any atom is 0.471 e. The largest absolute Gasteiger partial charge is 0.471 e. The van der Waals surface area contributed by atoms with Crippen molar-refractivity contribution in [1.82, 2.24) is 0 Å². The number of anilines is 1. The lowest BCUT2D eigenvalue weighted by Crippen LogP contribution is -2.29. The van der Waals surface area contributed by atoms with Gasteiger partial charge in [0.25, 0.3) is 0 Å². The molecule has 0 radical (unpaired) electrons. The van der Waals surface area contributed by atoms with Crippen LogP contribution in [0.1, 0.15) is 5.56 Å². The number of benzene rings is 1. The predicted molar refractivity (Wildman–Crippen MR) is 51.2 cm³/mol. The molecule has 0 bridgehead atoms. The Hall–Kier alpha value is -1.78. The van der Waals surface area contributed by atoms with Crippen LogP contribution in [0, 0.1) is 0 Å². The van der Waals surface area contributed by atoms with Gasteiger partial charge in [-0.15, -0.1) is 0 Å². The van der Waals surface area contributed by atoms with E-state index in [-0.39, 0.29) is 5.69 Å². The fourth-order valence-corrected chi connectivity index (χ4v) is 0.945. The van der Waals surface area contributed by atoms with Gasteiger partial charge in [0.2, 0.25) is 0 Å². The standard InChI is InChI=1S/C10H8F3NO/c1-2-7-4-3-5-8(6-7)14-9(15)10(11,12)13/h2-6H,1H2,(H,14,15). The minimum atomic E-state index is -4.87. The number of alkyl halides is 3. The number of carbonyl (C=O) groups is 1. The molecule has 1 aromatic rings. The molecule has 0 atom stereocenters. The van der Waals surface area contributed by atoms with Gasteiger partial charge in [0.1, 0.15) is 0 Å². The van der Waals surface area contributed by atoms with Crippen molar-refractivity contribution in [3.05, 3.63) is 36.4 Å². The summed E-state index contributed by atoms with van der Waals surface area (Å²) in [5, 5.41) is 1.74. The van der Waals surface area contributed by atoms with Crippen LogP contribution in [0.2, 0.25) is 0 Å². The van der Waals surface area contributed by atoms with E-state index in [1.807, 2.05) is 0 Å². The Kier molecular flexibility index (Phi) is 3.14. The van der Waals surface area contributed by atoms with Crippen LogP contribution in [-0.2, 0) is 4.79 Å². The van der Waals surface area contributed by atoms with Crippen LogP contribution in [0.25, 0.3) is 6.08 Å². The van der Waals surface area contributed by atoms with Crippen molar-refractivity contribution >= 4 is 17.7 Å². The Morgan fingerprint density at radius 3 is 2.60 bits per heavy atom. The average molecular weight is 215 g/mol. The molecule has 0 aliphatic heterocycles. The molecule has 80 valence electrons. The molecule has 0 saturated carbocycles. The predicted octanol–water partition coefficient (Wildman–Crippen LogP) is 2.83. The van der Waals surface area contributed by atoms with Gasteiger partial charge in [-0.3, -0.25) is 4.79 Å². The van der Waals surface area contributed by atoms with Gasteiger partial charge in [-0.25, -0.2) is 0 Å². The van der Waals surface area contributed by atoms with E-state index in [0.29, 0.717) is 5.56 Å². The first-order valence-electron chi connectivity index (χ1n) is 4.04. The molecule has 0 unspecified atom stereocenters. The summed E-state index contributed by atoms with van der Waals surface area (Å²) in [6.07, 6.45) is -3.40. The second-order valence-corrected chi connectivity index (χ2v) is 2.78. The van der Waals surface area contributed by atoms with Crippen LogP contribution >= 0.6 is 0 Å². The summed E-state index contributed by atoms with van der Waals surface area (Å²) in [4.78, 5) is 10.6. The molecule has 5 heteroatoms. The molecule has 2 nitrogen and oxygen atoms in total. The van der Waals surface area contributed by atoms with Crippen molar-refractivity contribution in [1.29, 1.82) is 0 Å². The van der Waals surface area contributed by atoms with E-state index in [9.17, 15) is 18.0 Å². The van der Waals surface area contributed by atoms with Crippen molar-refractivity contribution < 1.29 is 18.0 Å². The van der Waals surface area contributed by atoms with Crippen LogP contribution in [0.3, 0.4) is 0 Å². The highest BCUT2D eigenvalue weighted by Gasteiger charge is 2.38. The first-order valence-corrected chi connectivity index (χ1v) is 4.04. The molecular weight excluding hydrogens is 207 g/mol. The van der Waals surface area contributed by atoms with Gasteiger partial charge < -0.3 is 5.32 Å². The van der Waals surface area contributed by atoms with E-state index in [0.717, 1.165) is 0 Å². The third kappa shape index (κ3) is 3.12. The van der Waals surface area contributed by atoms with Crippen LogP contribution in [0.4, 0.5) is 18.9 Å². The fraction of sp³-hybridized carbons (Fsp3) is 0.100. The number of rotatable bonds is 2. The van der Waals surface area contributed by atoms with Crippen molar-refractivity contribution in [2.75, 3.05) is 5.32 Å². The lowest BCUT2D eigenvalue weighted by Gasteiger charge is -2.08. The SMILES string of the molecule is C=Cc1cccc(NC(=O)C(F)(F)F)c1. The number of hydrogen-bond acceptors (Lipinski definition) is 1. The van der Waals surface area contributed by atoms with Crippen molar-refractivity contribution in [3.63, 3.8) is 0 Å². The minimum Gasteiger partial charge on any atom is -0.318 e. The Labute approximate surface area is 84.4 Å². The molecule has 0 aliphatic carbocycles. The number of halogens is 3. The molecule has 0 heterocycles. The van der Waals surface area contributed by atoms with E-state index >= 15 is 0 Å². The molecule has 1 N–H and O–H groups in total. The molecule has 1 amide bonds. The monoisotopic (exact) mass is 215 g/mol. The van der Waals surface area contributed by atoms with E-state index in [1.54, 1.807) is 11.4 Å². The third-order valence-corrected chi connectivity index (χ3v) is 1.64. The number of carbonyl (C=O) groups excluding carboxylic acids is 1. The molecule has 0 aromatic heterocycles. The molecule has 0 aliphatic rings. The van der Waals surface area contributed by atoms with Crippen LogP contribution in [0.5, 0.6) is 0 Å². The zero-order valence-electron chi connectivity index (χ0n) is 7.64. The van der Waals surface area contributed by atoms with E-state index in [2.05, 4.69) is 6.58 Å². The quantitative estimate of drug-likeness (QED) is 0.807. The Bertz CT molecular complexity index is 384. The maximum atomic E-state index is 11.9. The van der Waals surface area contributed by atoms with E-state index in [4.69, 9.17) is 0 Å². The summed E-state index contributed by atoms with van der Waals surface area (Å²) >= 11 is 0. The second-order valence-electron chi connectivity index (χ2n) is 2.78. The van der Waals surface area contributed by atoms with Gasteiger partial charge in [-0.2, -0.15) is 13.2 Å². The van der Waals surface area contributed by atoms with E-state index in [1.165, 1.54) is 24.3 Å². The summed E-state index contributed by atoms with van der Waals surface area (Å²) in [6, 6.07) is 5.96. The number of hydrogen-bond donors (Lipinski definition) is 1. The van der Waals surface area contributed by atoms with Gasteiger partial charge in [-0.1, -0.05) is 24.8 Å². The normalized spacial score (nSPS) is 10.9. The van der Waals surface area contributed by atoms with Crippen LogP contribution in [0.15, 0.2) is 30.8 Å². The zero-order chi connectivity index (χ0) is 11.5. The van der Waals surface area contributed by atoms with Crippen molar-refractivity contribution in [2.24, 2.45) is 0 Å². The topological polar surface area (TPSA) is 29.1 Å². The molecular formula is C10H8F3NO. The van der Waals surface area contributed by atoms with Crippen molar-refractivity contribution in [3.8, 4) is 0 Å². The highest BCUT2D eigenvalue weighted by molar-refractivity contribution is 5.95. The summed E-state index contributed by atoms with van der Waals surface area (Å²) in [6.45, 7) is 3.47. The van der Waals surface area contributed by atoms with Crippen LogP contribution < -0.4 is 5.32 Å². The molecule has 0 fully saturated rings. The highest BCUT2D eigenvalue weighted by atomic mass is 19.4. The third-order valence-electron chi connectivity index (χ3n) is 1.64. The van der Waals surface area contributed by atoms with Gasteiger partial charge in [0, 0.05) is 5.69 Å². The second kappa shape index (κ2) is 4.16. The summed E-state index contributed by atoms with van der Waals surface area (Å²) in [7, 11) is 0. The molecule has 1 aromatic carbocycles. The number of nitrogens with one attached hydrogen (secondary N) is 1. The summed E-state index contributed by atoms with van der Waals surface area (Å²) in [5.41, 5.74) is 0.727. The zero-order valence-corrected chi connectivity index (χ0v) is 7.64. The highest BCUT2D eigenvalue weighted by Crippen LogP contribution is 2.19. The molecule has 0 saturated heterocycles. The molecule has 15 heavy (non-hydrogen) atoms. The van der Waals surface area contributed by atoms with Crippen molar-refractivity contribution in [2.45, 2.75) is 6.18 Å². The van der Waals surface area contributed by atoms with Gasteiger partial charge in [-0.05, 0) is 17.7 Å². The smallest absolute Gasteiger partial charge is 0.318 e. The minimum absolute atomic E-state index is 0.0923. The van der Waals surface area contributed by atoms with Gasteiger partial charge in [0.15, 0.2) is 0 Å². The molecule has 0 spiro atoms. The Morgan fingerprint density at radius 2 is 2.07 bits per heavy atom.